The molecule has 5 nitrogen and oxygen atoms in total. The van der Waals surface area contributed by atoms with Crippen LogP contribution in [0, 0.1) is 5.92 Å². The predicted octanol–water partition coefficient (Wildman–Crippen LogP) is 5.35. The number of rotatable bonds is 8. The summed E-state index contributed by atoms with van der Waals surface area (Å²) >= 11 is 3.30. The second kappa shape index (κ2) is 8.89. The summed E-state index contributed by atoms with van der Waals surface area (Å²) in [5.74, 6) is 3.55. The van der Waals surface area contributed by atoms with E-state index in [1.54, 1.807) is 30.2 Å². The molecule has 7 heteroatoms. The molecule has 0 bridgehead atoms. The van der Waals surface area contributed by atoms with Gasteiger partial charge in [0.1, 0.15) is 16.6 Å². The average Bonchev–Trinajstić information content (AvgIpc) is 3.47. The standard InChI is InChI=1S/C20H24N4OS2/c1-25-17-9-7-15(8-10-17)19-21-16(12-26-19)13-27-20-22-18(23-24-20)11-6-14-4-2-3-5-14/h7-10,12,14H,2-6,11,13H2,1H3,(H,22,23,24). The second-order valence-corrected chi connectivity index (χ2v) is 8.72. The Balaban J connectivity index is 1.29. The van der Waals surface area contributed by atoms with Gasteiger partial charge in [0.25, 0.3) is 0 Å². The monoisotopic (exact) mass is 400 g/mol. The van der Waals surface area contributed by atoms with Crippen LogP contribution in [0.4, 0.5) is 0 Å². The maximum atomic E-state index is 5.21. The quantitative estimate of drug-likeness (QED) is 0.516. The minimum absolute atomic E-state index is 0.784. The van der Waals surface area contributed by atoms with Crippen LogP contribution in [0.15, 0.2) is 34.8 Å². The van der Waals surface area contributed by atoms with E-state index in [-0.39, 0.29) is 0 Å². The Morgan fingerprint density at radius 2 is 2.00 bits per heavy atom. The maximum absolute atomic E-state index is 5.21. The first kappa shape index (κ1) is 18.5. The van der Waals surface area contributed by atoms with E-state index in [0.717, 1.165) is 51.1 Å². The van der Waals surface area contributed by atoms with Gasteiger partial charge in [0.05, 0.1) is 12.8 Å². The van der Waals surface area contributed by atoms with E-state index in [9.17, 15) is 0 Å². The Kier molecular flexibility index (Phi) is 6.09. The zero-order valence-electron chi connectivity index (χ0n) is 15.5. The topological polar surface area (TPSA) is 63.7 Å². The number of aromatic amines is 1. The Hall–Kier alpha value is -1.86. The summed E-state index contributed by atoms with van der Waals surface area (Å²) in [7, 11) is 1.68. The Bertz CT molecular complexity index is 853. The van der Waals surface area contributed by atoms with E-state index in [1.165, 1.54) is 32.1 Å². The lowest BCUT2D eigenvalue weighted by molar-refractivity contribution is 0.415. The van der Waals surface area contributed by atoms with Crippen molar-refractivity contribution in [3.63, 3.8) is 0 Å². The van der Waals surface area contributed by atoms with Gasteiger partial charge in [-0.05, 0) is 36.6 Å². The van der Waals surface area contributed by atoms with E-state index in [4.69, 9.17) is 9.72 Å². The number of H-pyrrole nitrogens is 1. The van der Waals surface area contributed by atoms with E-state index in [0.29, 0.717) is 0 Å². The molecule has 1 aliphatic rings. The third kappa shape index (κ3) is 4.90. The summed E-state index contributed by atoms with van der Waals surface area (Å²) in [4.78, 5) is 9.37. The number of methoxy groups -OCH3 is 1. The molecule has 3 aromatic rings. The highest BCUT2D eigenvalue weighted by atomic mass is 32.2. The van der Waals surface area contributed by atoms with Crippen molar-refractivity contribution in [3.05, 3.63) is 41.2 Å². The van der Waals surface area contributed by atoms with Crippen molar-refractivity contribution in [2.45, 2.75) is 49.4 Å². The fraction of sp³-hybridized carbons (Fsp3) is 0.450. The molecular formula is C20H24N4OS2. The molecule has 0 saturated heterocycles. The minimum Gasteiger partial charge on any atom is -0.497 e. The molecule has 1 N–H and O–H groups in total. The Morgan fingerprint density at radius 1 is 1.19 bits per heavy atom. The molecule has 0 radical (unpaired) electrons. The highest BCUT2D eigenvalue weighted by Gasteiger charge is 2.15. The zero-order chi connectivity index (χ0) is 18.5. The average molecular weight is 401 g/mol. The number of hydrogen-bond donors (Lipinski definition) is 1. The summed E-state index contributed by atoms with van der Waals surface area (Å²) in [5.41, 5.74) is 2.18. The maximum Gasteiger partial charge on any atom is 0.208 e. The molecule has 0 unspecified atom stereocenters. The summed E-state index contributed by atoms with van der Waals surface area (Å²) in [6.45, 7) is 0. The van der Waals surface area contributed by atoms with Crippen molar-refractivity contribution in [1.82, 2.24) is 20.2 Å². The van der Waals surface area contributed by atoms with Crippen LogP contribution < -0.4 is 4.74 Å². The van der Waals surface area contributed by atoms with E-state index < -0.39 is 0 Å². The Labute approximate surface area is 168 Å². The van der Waals surface area contributed by atoms with Crippen LogP contribution in [0.2, 0.25) is 0 Å². The molecule has 0 amide bonds. The first-order chi connectivity index (χ1) is 13.3. The van der Waals surface area contributed by atoms with Crippen LogP contribution in [-0.2, 0) is 12.2 Å². The fourth-order valence-electron chi connectivity index (χ4n) is 3.47. The van der Waals surface area contributed by atoms with Gasteiger partial charge in [0.2, 0.25) is 5.16 Å². The first-order valence-electron chi connectivity index (χ1n) is 9.43. The highest BCUT2D eigenvalue weighted by molar-refractivity contribution is 7.98. The molecule has 0 aliphatic heterocycles. The van der Waals surface area contributed by atoms with Gasteiger partial charge in [0.15, 0.2) is 0 Å². The van der Waals surface area contributed by atoms with Gasteiger partial charge in [-0.15, -0.1) is 16.4 Å². The van der Waals surface area contributed by atoms with Gasteiger partial charge in [-0.25, -0.2) is 9.97 Å². The first-order valence-corrected chi connectivity index (χ1v) is 11.3. The molecule has 1 fully saturated rings. The molecule has 27 heavy (non-hydrogen) atoms. The van der Waals surface area contributed by atoms with E-state index in [1.807, 2.05) is 24.3 Å². The molecular weight excluding hydrogens is 376 g/mol. The van der Waals surface area contributed by atoms with Gasteiger partial charge in [-0.2, -0.15) is 0 Å². The largest absolute Gasteiger partial charge is 0.497 e. The van der Waals surface area contributed by atoms with Crippen LogP contribution in [0.1, 0.15) is 43.6 Å². The van der Waals surface area contributed by atoms with Crippen LogP contribution in [0.3, 0.4) is 0 Å². The van der Waals surface area contributed by atoms with Crippen molar-refractivity contribution in [2.24, 2.45) is 5.92 Å². The van der Waals surface area contributed by atoms with Crippen molar-refractivity contribution < 1.29 is 4.74 Å². The number of nitrogens with zero attached hydrogens (tertiary/aromatic N) is 3. The molecule has 2 aromatic heterocycles. The van der Waals surface area contributed by atoms with Crippen molar-refractivity contribution >= 4 is 23.1 Å². The fourth-order valence-corrected chi connectivity index (χ4v) is 5.11. The van der Waals surface area contributed by atoms with E-state index >= 15 is 0 Å². The lowest BCUT2D eigenvalue weighted by Gasteiger charge is -2.05. The number of thiazole rings is 1. The van der Waals surface area contributed by atoms with Gasteiger partial charge >= 0.3 is 0 Å². The Morgan fingerprint density at radius 3 is 2.78 bits per heavy atom. The molecule has 0 spiro atoms. The van der Waals surface area contributed by atoms with Crippen LogP contribution >= 0.6 is 23.1 Å². The summed E-state index contributed by atoms with van der Waals surface area (Å²) in [6.07, 6.45) is 7.81. The van der Waals surface area contributed by atoms with Crippen molar-refractivity contribution in [3.8, 4) is 16.3 Å². The number of ether oxygens (including phenoxy) is 1. The van der Waals surface area contributed by atoms with Gasteiger partial charge in [-0.1, -0.05) is 37.4 Å². The summed E-state index contributed by atoms with van der Waals surface area (Å²) in [6, 6.07) is 8.01. The highest BCUT2D eigenvalue weighted by Crippen LogP contribution is 2.29. The second-order valence-electron chi connectivity index (χ2n) is 6.92. The van der Waals surface area contributed by atoms with Crippen molar-refractivity contribution in [2.75, 3.05) is 7.11 Å². The van der Waals surface area contributed by atoms with Gasteiger partial charge in [-0.3, -0.25) is 5.10 Å². The normalized spacial score (nSPS) is 14.7. The number of hydrogen-bond acceptors (Lipinski definition) is 6. The molecule has 2 heterocycles. The molecule has 142 valence electrons. The number of thioether (sulfide) groups is 1. The molecule has 0 atom stereocenters. The third-order valence-corrected chi connectivity index (χ3v) is 6.83. The molecule has 1 aromatic carbocycles. The predicted molar refractivity (Wildman–Crippen MR) is 110 cm³/mol. The van der Waals surface area contributed by atoms with Crippen molar-refractivity contribution in [1.29, 1.82) is 0 Å². The summed E-state index contributed by atoms with van der Waals surface area (Å²) < 4.78 is 5.21. The SMILES string of the molecule is COc1ccc(-c2nc(CSc3n[nH]c(CCC4CCCC4)n3)cs2)cc1. The van der Waals surface area contributed by atoms with Crippen LogP contribution in [0.5, 0.6) is 5.75 Å². The summed E-state index contributed by atoms with van der Waals surface area (Å²) in [5, 5.41) is 11.4. The number of benzene rings is 1. The van der Waals surface area contributed by atoms with Crippen LogP contribution in [0.25, 0.3) is 10.6 Å². The van der Waals surface area contributed by atoms with Gasteiger partial charge in [0, 0.05) is 23.1 Å². The molecule has 4 rings (SSSR count). The minimum atomic E-state index is 0.784. The molecule has 1 aliphatic carbocycles. The smallest absolute Gasteiger partial charge is 0.208 e. The third-order valence-electron chi connectivity index (χ3n) is 5.01. The zero-order valence-corrected chi connectivity index (χ0v) is 17.1. The lowest BCUT2D eigenvalue weighted by Crippen LogP contribution is -1.97. The number of aromatic nitrogens is 4. The number of aryl methyl sites for hydroxylation is 1. The number of nitrogens with one attached hydrogen (secondary N) is 1. The lowest BCUT2D eigenvalue weighted by atomic mass is 10.0. The van der Waals surface area contributed by atoms with Crippen LogP contribution in [-0.4, -0.2) is 27.3 Å². The molecule has 1 saturated carbocycles. The van der Waals surface area contributed by atoms with Gasteiger partial charge < -0.3 is 4.74 Å². The van der Waals surface area contributed by atoms with E-state index in [2.05, 4.69) is 20.6 Å².